The highest BCUT2D eigenvalue weighted by Gasteiger charge is 2.23. The lowest BCUT2D eigenvalue weighted by atomic mass is 10.2. The fourth-order valence-corrected chi connectivity index (χ4v) is 3.66. The highest BCUT2D eigenvalue weighted by molar-refractivity contribution is 7.92. The first-order valence-corrected chi connectivity index (χ1v) is 9.66. The quantitative estimate of drug-likeness (QED) is 0.808. The van der Waals surface area contributed by atoms with E-state index in [0.29, 0.717) is 30.2 Å². The summed E-state index contributed by atoms with van der Waals surface area (Å²) in [6, 6.07) is 12.6. The van der Waals surface area contributed by atoms with E-state index < -0.39 is 16.1 Å². The van der Waals surface area contributed by atoms with Crippen LogP contribution in [0.15, 0.2) is 53.4 Å². The number of amides is 1. The highest BCUT2D eigenvalue weighted by atomic mass is 32.2. The van der Waals surface area contributed by atoms with Crippen molar-refractivity contribution in [2.24, 2.45) is 0 Å². The molecular weight excluding hydrogens is 356 g/mol. The molecule has 1 amide bonds. The third-order valence-corrected chi connectivity index (χ3v) is 5.39. The van der Waals surface area contributed by atoms with Crippen LogP contribution in [0.25, 0.3) is 0 Å². The van der Waals surface area contributed by atoms with Gasteiger partial charge in [-0.1, -0.05) is 0 Å². The summed E-state index contributed by atoms with van der Waals surface area (Å²) in [7, 11) is -2.18. The van der Waals surface area contributed by atoms with Crippen molar-refractivity contribution in [3.05, 3.63) is 48.5 Å². The minimum absolute atomic E-state index is 0.100. The second kappa shape index (κ2) is 7.76. The SMILES string of the molecule is COc1ccc(NS(=O)(=O)c2ccc(NC(=O)[C@H]3CCCO3)cc2)cc1. The lowest BCUT2D eigenvalue weighted by molar-refractivity contribution is -0.124. The van der Waals surface area contributed by atoms with Gasteiger partial charge in [0.05, 0.1) is 12.0 Å². The van der Waals surface area contributed by atoms with Crippen LogP contribution in [0.4, 0.5) is 11.4 Å². The number of hydrogen-bond acceptors (Lipinski definition) is 5. The molecule has 1 saturated heterocycles. The Labute approximate surface area is 152 Å². The van der Waals surface area contributed by atoms with E-state index in [1.54, 1.807) is 43.5 Å². The summed E-state index contributed by atoms with van der Waals surface area (Å²) in [6.07, 6.45) is 1.13. The van der Waals surface area contributed by atoms with Crippen LogP contribution >= 0.6 is 0 Å². The third kappa shape index (κ3) is 4.33. The van der Waals surface area contributed by atoms with Crippen molar-refractivity contribution in [3.8, 4) is 5.75 Å². The van der Waals surface area contributed by atoms with E-state index in [0.717, 1.165) is 6.42 Å². The summed E-state index contributed by atoms with van der Waals surface area (Å²) in [6.45, 7) is 0.590. The number of carbonyl (C=O) groups is 1. The zero-order valence-electron chi connectivity index (χ0n) is 14.3. The first kappa shape index (κ1) is 18.2. The molecule has 0 spiro atoms. The first-order valence-electron chi connectivity index (χ1n) is 8.17. The molecule has 1 heterocycles. The van der Waals surface area contributed by atoms with Crippen molar-refractivity contribution in [2.45, 2.75) is 23.8 Å². The summed E-state index contributed by atoms with van der Waals surface area (Å²) >= 11 is 0. The average molecular weight is 376 g/mol. The highest BCUT2D eigenvalue weighted by Crippen LogP contribution is 2.21. The van der Waals surface area contributed by atoms with Gasteiger partial charge in [0.15, 0.2) is 0 Å². The van der Waals surface area contributed by atoms with E-state index in [-0.39, 0.29) is 10.8 Å². The zero-order valence-corrected chi connectivity index (χ0v) is 15.1. The Balaban J connectivity index is 1.66. The van der Waals surface area contributed by atoms with E-state index in [2.05, 4.69) is 10.0 Å². The number of hydrogen-bond donors (Lipinski definition) is 2. The molecule has 2 N–H and O–H groups in total. The van der Waals surface area contributed by atoms with Crippen LogP contribution in [0.1, 0.15) is 12.8 Å². The Morgan fingerprint density at radius 3 is 2.31 bits per heavy atom. The fraction of sp³-hybridized carbons (Fsp3) is 0.278. The van der Waals surface area contributed by atoms with Gasteiger partial charge in [0.1, 0.15) is 11.9 Å². The molecule has 0 unspecified atom stereocenters. The van der Waals surface area contributed by atoms with Gasteiger partial charge in [0.2, 0.25) is 0 Å². The van der Waals surface area contributed by atoms with Crippen molar-refractivity contribution < 1.29 is 22.7 Å². The standard InChI is InChI=1S/C18H20N2O5S/c1-24-15-8-4-14(5-9-15)20-26(22,23)16-10-6-13(7-11-16)19-18(21)17-3-2-12-25-17/h4-11,17,20H,2-3,12H2,1H3,(H,19,21)/t17-/m1/s1. The number of anilines is 2. The van der Waals surface area contributed by atoms with Crippen LogP contribution in [0.5, 0.6) is 5.75 Å². The van der Waals surface area contributed by atoms with Gasteiger partial charge in [-0.3, -0.25) is 9.52 Å². The zero-order chi connectivity index (χ0) is 18.6. The van der Waals surface area contributed by atoms with Gasteiger partial charge in [-0.15, -0.1) is 0 Å². The van der Waals surface area contributed by atoms with Crippen LogP contribution in [0.2, 0.25) is 0 Å². The number of carbonyl (C=O) groups excluding carboxylic acids is 1. The third-order valence-electron chi connectivity index (χ3n) is 4.00. The van der Waals surface area contributed by atoms with Gasteiger partial charge in [-0.2, -0.15) is 0 Å². The van der Waals surface area contributed by atoms with Crippen LogP contribution in [0.3, 0.4) is 0 Å². The molecule has 1 fully saturated rings. The number of ether oxygens (including phenoxy) is 2. The summed E-state index contributed by atoms with van der Waals surface area (Å²) in [5, 5.41) is 2.73. The maximum atomic E-state index is 12.4. The second-order valence-corrected chi connectivity index (χ2v) is 7.53. The van der Waals surface area contributed by atoms with E-state index in [4.69, 9.17) is 9.47 Å². The van der Waals surface area contributed by atoms with E-state index in [9.17, 15) is 13.2 Å². The molecule has 2 aromatic rings. The van der Waals surface area contributed by atoms with Crippen molar-refractivity contribution >= 4 is 27.3 Å². The minimum Gasteiger partial charge on any atom is -0.497 e. The molecule has 0 radical (unpaired) electrons. The van der Waals surface area contributed by atoms with Crippen LogP contribution < -0.4 is 14.8 Å². The molecular formula is C18H20N2O5S. The number of benzene rings is 2. The summed E-state index contributed by atoms with van der Waals surface area (Å²) in [5.41, 5.74) is 0.954. The Kier molecular flexibility index (Phi) is 5.43. The Morgan fingerprint density at radius 2 is 1.73 bits per heavy atom. The molecule has 0 aromatic heterocycles. The molecule has 8 heteroatoms. The molecule has 1 aliphatic heterocycles. The molecule has 3 rings (SSSR count). The van der Waals surface area contributed by atoms with Crippen LogP contribution in [-0.2, 0) is 19.6 Å². The maximum absolute atomic E-state index is 12.4. The molecule has 2 aromatic carbocycles. The van der Waals surface area contributed by atoms with Crippen molar-refractivity contribution in [1.29, 1.82) is 0 Å². The number of sulfonamides is 1. The van der Waals surface area contributed by atoms with E-state index >= 15 is 0 Å². The minimum atomic E-state index is -3.72. The summed E-state index contributed by atoms with van der Waals surface area (Å²) in [5.74, 6) is 0.425. The van der Waals surface area contributed by atoms with Gasteiger partial charge in [0.25, 0.3) is 15.9 Å². The Hall–Kier alpha value is -2.58. The lowest BCUT2D eigenvalue weighted by Gasteiger charge is -2.12. The number of methoxy groups -OCH3 is 1. The first-order chi connectivity index (χ1) is 12.5. The maximum Gasteiger partial charge on any atom is 0.261 e. The average Bonchev–Trinajstić information content (AvgIpc) is 3.17. The molecule has 0 saturated carbocycles. The number of nitrogens with one attached hydrogen (secondary N) is 2. The lowest BCUT2D eigenvalue weighted by Crippen LogP contribution is -2.26. The second-order valence-electron chi connectivity index (χ2n) is 5.85. The van der Waals surface area contributed by atoms with Crippen molar-refractivity contribution in [1.82, 2.24) is 0 Å². The van der Waals surface area contributed by atoms with E-state index in [1.807, 2.05) is 0 Å². The molecule has 0 bridgehead atoms. The number of rotatable bonds is 6. The fourth-order valence-electron chi connectivity index (χ4n) is 2.60. The topological polar surface area (TPSA) is 93.7 Å². The van der Waals surface area contributed by atoms with Gasteiger partial charge < -0.3 is 14.8 Å². The Morgan fingerprint density at radius 1 is 1.08 bits per heavy atom. The van der Waals surface area contributed by atoms with Gasteiger partial charge >= 0.3 is 0 Å². The molecule has 0 aliphatic carbocycles. The van der Waals surface area contributed by atoms with Gasteiger partial charge in [0, 0.05) is 18.0 Å². The molecule has 7 nitrogen and oxygen atoms in total. The Bertz CT molecular complexity index is 857. The summed E-state index contributed by atoms with van der Waals surface area (Å²) < 4.78 is 37.8. The van der Waals surface area contributed by atoms with Crippen molar-refractivity contribution in [3.63, 3.8) is 0 Å². The van der Waals surface area contributed by atoms with Crippen molar-refractivity contribution in [2.75, 3.05) is 23.8 Å². The van der Waals surface area contributed by atoms with Crippen LogP contribution in [0, 0.1) is 0 Å². The predicted molar refractivity (Wildman–Crippen MR) is 97.8 cm³/mol. The van der Waals surface area contributed by atoms with Crippen LogP contribution in [-0.4, -0.2) is 34.1 Å². The predicted octanol–water partition coefficient (Wildman–Crippen LogP) is 2.61. The molecule has 26 heavy (non-hydrogen) atoms. The summed E-state index contributed by atoms with van der Waals surface area (Å²) in [4.78, 5) is 12.1. The molecule has 1 aliphatic rings. The molecule has 138 valence electrons. The molecule has 1 atom stereocenters. The normalized spacial score (nSPS) is 16.9. The monoisotopic (exact) mass is 376 g/mol. The van der Waals surface area contributed by atoms with Gasteiger partial charge in [-0.05, 0) is 61.4 Å². The van der Waals surface area contributed by atoms with E-state index in [1.165, 1.54) is 12.1 Å². The smallest absolute Gasteiger partial charge is 0.261 e. The largest absolute Gasteiger partial charge is 0.497 e. The van der Waals surface area contributed by atoms with Gasteiger partial charge in [-0.25, -0.2) is 8.42 Å².